The van der Waals surface area contributed by atoms with Gasteiger partial charge in [-0.05, 0) is 24.6 Å². The molecule has 2 heterocycles. The van der Waals surface area contributed by atoms with Gasteiger partial charge in [0.15, 0.2) is 0 Å². The summed E-state index contributed by atoms with van der Waals surface area (Å²) >= 11 is 1.76. The van der Waals surface area contributed by atoms with Crippen LogP contribution in [0.15, 0.2) is 35.8 Å². The van der Waals surface area contributed by atoms with E-state index >= 15 is 0 Å². The van der Waals surface area contributed by atoms with Crippen molar-refractivity contribution in [1.29, 1.82) is 0 Å². The predicted molar refractivity (Wildman–Crippen MR) is 94.5 cm³/mol. The zero-order valence-corrected chi connectivity index (χ0v) is 14.3. The fraction of sp³-hybridized carbons (Fsp3) is 0.389. The number of para-hydroxylation sites is 1. The van der Waals surface area contributed by atoms with E-state index in [-0.39, 0.29) is 5.41 Å². The van der Waals surface area contributed by atoms with Crippen molar-refractivity contribution in [2.75, 3.05) is 6.54 Å². The summed E-state index contributed by atoms with van der Waals surface area (Å²) in [5.41, 5.74) is 3.88. The van der Waals surface area contributed by atoms with E-state index in [1.165, 1.54) is 21.5 Å². The molecule has 0 atom stereocenters. The molecule has 0 aliphatic carbocycles. The van der Waals surface area contributed by atoms with E-state index in [0.29, 0.717) is 0 Å². The van der Waals surface area contributed by atoms with Gasteiger partial charge in [0.05, 0.1) is 10.7 Å². The molecule has 0 bridgehead atoms. The van der Waals surface area contributed by atoms with Crippen molar-refractivity contribution in [1.82, 2.24) is 15.3 Å². The van der Waals surface area contributed by atoms with Crippen LogP contribution in [0.3, 0.4) is 0 Å². The van der Waals surface area contributed by atoms with Crippen LogP contribution in [0.1, 0.15) is 37.0 Å². The quantitative estimate of drug-likeness (QED) is 0.691. The molecule has 0 spiro atoms. The Morgan fingerprint density at radius 3 is 2.82 bits per heavy atom. The van der Waals surface area contributed by atoms with Crippen LogP contribution in [0.5, 0.6) is 0 Å². The lowest BCUT2D eigenvalue weighted by molar-refractivity contribution is 0.579. The van der Waals surface area contributed by atoms with Crippen LogP contribution >= 0.6 is 11.3 Å². The third-order valence-electron chi connectivity index (χ3n) is 3.75. The molecule has 3 rings (SSSR count). The summed E-state index contributed by atoms with van der Waals surface area (Å²) in [6.07, 6.45) is 3.15. The zero-order chi connectivity index (χ0) is 15.6. The molecule has 0 unspecified atom stereocenters. The van der Waals surface area contributed by atoms with Crippen molar-refractivity contribution in [2.24, 2.45) is 0 Å². The molecule has 3 aromatic rings. The fourth-order valence-electron chi connectivity index (χ4n) is 2.51. The molecule has 0 fully saturated rings. The molecule has 0 aliphatic heterocycles. The Labute approximate surface area is 135 Å². The van der Waals surface area contributed by atoms with Gasteiger partial charge in [-0.1, -0.05) is 39.0 Å². The average molecular weight is 313 g/mol. The third-order valence-corrected chi connectivity index (χ3v) is 5.06. The number of benzene rings is 1. The summed E-state index contributed by atoms with van der Waals surface area (Å²) in [7, 11) is 0. The molecule has 1 aromatic carbocycles. The van der Waals surface area contributed by atoms with Crippen molar-refractivity contribution >= 4 is 22.2 Å². The van der Waals surface area contributed by atoms with E-state index in [2.05, 4.69) is 66.9 Å². The van der Waals surface area contributed by atoms with Gasteiger partial charge >= 0.3 is 0 Å². The number of fused-ring (bicyclic) bond motifs is 1. The summed E-state index contributed by atoms with van der Waals surface area (Å²) in [4.78, 5) is 8.04. The van der Waals surface area contributed by atoms with E-state index < -0.39 is 0 Å². The third kappa shape index (κ3) is 3.39. The van der Waals surface area contributed by atoms with Crippen LogP contribution in [0.4, 0.5) is 0 Å². The molecule has 2 N–H and O–H groups in total. The van der Waals surface area contributed by atoms with Crippen LogP contribution in [-0.4, -0.2) is 16.5 Å². The summed E-state index contributed by atoms with van der Waals surface area (Å²) in [6.45, 7) is 8.43. The maximum Gasteiger partial charge on any atom is 0.0982 e. The van der Waals surface area contributed by atoms with Crippen LogP contribution in [0, 0.1) is 0 Å². The molecule has 2 aromatic heterocycles. The number of H-pyrrole nitrogens is 1. The lowest BCUT2D eigenvalue weighted by Gasteiger charge is -2.13. The van der Waals surface area contributed by atoms with Gasteiger partial charge in [-0.3, -0.25) is 0 Å². The number of aromatic nitrogens is 2. The predicted octanol–water partition coefficient (Wildman–Crippen LogP) is 4.25. The first-order valence-corrected chi connectivity index (χ1v) is 8.62. The normalized spacial score (nSPS) is 12.1. The number of hydrogen-bond donors (Lipinski definition) is 2. The van der Waals surface area contributed by atoms with Gasteiger partial charge in [-0.25, -0.2) is 4.98 Å². The molecule has 0 aliphatic rings. The highest BCUT2D eigenvalue weighted by Crippen LogP contribution is 2.25. The fourth-order valence-corrected chi connectivity index (χ4v) is 3.42. The number of rotatable bonds is 5. The first-order chi connectivity index (χ1) is 10.5. The molecule has 0 amide bonds. The molecule has 3 nitrogen and oxygen atoms in total. The molecule has 0 saturated heterocycles. The minimum atomic E-state index is 0.146. The Morgan fingerprint density at radius 2 is 2.05 bits per heavy atom. The minimum absolute atomic E-state index is 0.146. The van der Waals surface area contributed by atoms with Gasteiger partial charge < -0.3 is 10.3 Å². The Morgan fingerprint density at radius 1 is 1.23 bits per heavy atom. The summed E-state index contributed by atoms with van der Waals surface area (Å²) in [6, 6.07) is 8.46. The first-order valence-electron chi connectivity index (χ1n) is 7.74. The highest BCUT2D eigenvalue weighted by atomic mass is 32.1. The maximum absolute atomic E-state index is 4.72. The molecule has 4 heteroatoms. The second-order valence-electron chi connectivity index (χ2n) is 6.68. The number of hydrogen-bond acceptors (Lipinski definition) is 3. The SMILES string of the molecule is CC(C)(C)c1nc(CNCCc2c[nH]c3ccccc23)cs1. The van der Waals surface area contributed by atoms with Gasteiger partial charge in [0, 0.05) is 34.4 Å². The van der Waals surface area contributed by atoms with Crippen molar-refractivity contribution in [3.05, 3.63) is 52.1 Å². The number of thiazole rings is 1. The number of aromatic amines is 1. The Hall–Kier alpha value is -1.65. The Kier molecular flexibility index (Phi) is 4.32. The van der Waals surface area contributed by atoms with E-state index in [1.807, 2.05) is 0 Å². The van der Waals surface area contributed by atoms with Gasteiger partial charge in [0.25, 0.3) is 0 Å². The maximum atomic E-state index is 4.72. The Bertz CT molecular complexity index is 749. The molecule has 22 heavy (non-hydrogen) atoms. The van der Waals surface area contributed by atoms with E-state index in [9.17, 15) is 0 Å². The van der Waals surface area contributed by atoms with E-state index in [4.69, 9.17) is 4.98 Å². The highest BCUT2D eigenvalue weighted by molar-refractivity contribution is 7.09. The lowest BCUT2D eigenvalue weighted by Crippen LogP contribution is -2.17. The highest BCUT2D eigenvalue weighted by Gasteiger charge is 2.17. The summed E-state index contributed by atoms with van der Waals surface area (Å²) in [5, 5.41) is 8.20. The van der Waals surface area contributed by atoms with E-state index in [1.54, 1.807) is 11.3 Å². The smallest absolute Gasteiger partial charge is 0.0982 e. The minimum Gasteiger partial charge on any atom is -0.361 e. The van der Waals surface area contributed by atoms with Gasteiger partial charge in [0.1, 0.15) is 0 Å². The monoisotopic (exact) mass is 313 g/mol. The topological polar surface area (TPSA) is 40.7 Å². The number of nitrogens with zero attached hydrogens (tertiary/aromatic N) is 1. The molecular weight excluding hydrogens is 290 g/mol. The molecule has 116 valence electrons. The van der Waals surface area contributed by atoms with Gasteiger partial charge in [0.2, 0.25) is 0 Å². The zero-order valence-electron chi connectivity index (χ0n) is 13.4. The van der Waals surface area contributed by atoms with Crippen LogP contribution in [0.2, 0.25) is 0 Å². The largest absolute Gasteiger partial charge is 0.361 e. The van der Waals surface area contributed by atoms with Crippen molar-refractivity contribution in [3.8, 4) is 0 Å². The Balaban J connectivity index is 1.52. The molecular formula is C18H23N3S. The van der Waals surface area contributed by atoms with E-state index in [0.717, 1.165) is 25.2 Å². The number of nitrogens with one attached hydrogen (secondary N) is 2. The van der Waals surface area contributed by atoms with Crippen molar-refractivity contribution in [3.63, 3.8) is 0 Å². The lowest BCUT2D eigenvalue weighted by atomic mass is 9.98. The summed E-state index contributed by atoms with van der Waals surface area (Å²) < 4.78 is 0. The summed E-state index contributed by atoms with van der Waals surface area (Å²) in [5.74, 6) is 0. The second-order valence-corrected chi connectivity index (χ2v) is 7.54. The van der Waals surface area contributed by atoms with Crippen LogP contribution < -0.4 is 5.32 Å². The van der Waals surface area contributed by atoms with Crippen molar-refractivity contribution < 1.29 is 0 Å². The van der Waals surface area contributed by atoms with Gasteiger partial charge in [-0.15, -0.1) is 11.3 Å². The van der Waals surface area contributed by atoms with Crippen LogP contribution in [-0.2, 0) is 18.4 Å². The van der Waals surface area contributed by atoms with Gasteiger partial charge in [-0.2, -0.15) is 0 Å². The molecule has 0 saturated carbocycles. The standard InChI is InChI=1S/C18H23N3S/c1-18(2,3)17-21-14(12-22-17)11-19-9-8-13-10-20-16-7-5-4-6-15(13)16/h4-7,10,12,19-20H,8-9,11H2,1-3H3. The second kappa shape index (κ2) is 6.23. The first kappa shape index (κ1) is 15.3. The van der Waals surface area contributed by atoms with Crippen molar-refractivity contribution in [2.45, 2.75) is 39.2 Å². The average Bonchev–Trinajstić information content (AvgIpc) is 3.10. The molecule has 0 radical (unpaired) electrons. The van der Waals surface area contributed by atoms with Crippen LogP contribution in [0.25, 0.3) is 10.9 Å².